The summed E-state index contributed by atoms with van der Waals surface area (Å²) in [4.78, 5) is 0. The minimum Gasteiger partial charge on any atom is -0.504 e. The highest BCUT2D eigenvalue weighted by molar-refractivity contribution is 5.46. The molecule has 3 nitrogen and oxygen atoms in total. The Kier molecular flexibility index (Phi) is 2.47. The number of hydrogen-bond donors (Lipinski definition) is 1. The number of halogens is 1. The summed E-state index contributed by atoms with van der Waals surface area (Å²) in [5, 5.41) is 25.8. The summed E-state index contributed by atoms with van der Waals surface area (Å²) in [7, 11) is 0. The lowest BCUT2D eigenvalue weighted by molar-refractivity contribution is 0.428. The maximum absolute atomic E-state index is 13.1. The Bertz CT molecular complexity index is 415. The molecular formula is C9H5FN2O. The van der Waals surface area contributed by atoms with Gasteiger partial charge in [0.2, 0.25) is 0 Å². The molecule has 0 heterocycles. The first-order chi connectivity index (χ1) is 6.20. The Morgan fingerprint density at radius 3 is 2.62 bits per heavy atom. The number of hydrogen-bond acceptors (Lipinski definition) is 3. The van der Waals surface area contributed by atoms with Crippen LogP contribution in [0.25, 0.3) is 0 Å². The van der Waals surface area contributed by atoms with Crippen LogP contribution >= 0.6 is 0 Å². The van der Waals surface area contributed by atoms with E-state index in [9.17, 15) is 4.39 Å². The molecule has 1 aromatic rings. The van der Waals surface area contributed by atoms with E-state index in [2.05, 4.69) is 0 Å². The number of aromatic hydroxyl groups is 1. The minimum absolute atomic E-state index is 0.0963. The lowest BCUT2D eigenvalue weighted by atomic mass is 10.1. The van der Waals surface area contributed by atoms with Gasteiger partial charge >= 0.3 is 0 Å². The third-order valence-corrected chi connectivity index (χ3v) is 1.59. The highest BCUT2D eigenvalue weighted by Gasteiger charge is 2.11. The van der Waals surface area contributed by atoms with E-state index in [0.717, 1.165) is 0 Å². The van der Waals surface area contributed by atoms with E-state index >= 15 is 0 Å². The summed E-state index contributed by atoms with van der Waals surface area (Å²) >= 11 is 0. The number of nitrogens with zero attached hydrogens (tertiary/aromatic N) is 2. The second kappa shape index (κ2) is 3.55. The zero-order valence-corrected chi connectivity index (χ0v) is 6.58. The van der Waals surface area contributed by atoms with Crippen LogP contribution in [0.4, 0.5) is 4.39 Å². The molecule has 1 aromatic carbocycles. The van der Waals surface area contributed by atoms with Crippen LogP contribution in [-0.2, 0) is 6.42 Å². The van der Waals surface area contributed by atoms with Crippen molar-refractivity contribution in [3.63, 3.8) is 0 Å². The van der Waals surface area contributed by atoms with Crippen LogP contribution in [-0.4, -0.2) is 5.11 Å². The van der Waals surface area contributed by atoms with Crippen molar-refractivity contribution in [2.75, 3.05) is 0 Å². The van der Waals surface area contributed by atoms with Gasteiger partial charge in [0, 0.05) is 5.56 Å². The van der Waals surface area contributed by atoms with E-state index in [1.807, 2.05) is 0 Å². The molecule has 1 rings (SSSR count). The quantitative estimate of drug-likeness (QED) is 0.704. The molecular weight excluding hydrogens is 171 g/mol. The smallest absolute Gasteiger partial charge is 0.170 e. The summed E-state index contributed by atoms with van der Waals surface area (Å²) in [5.74, 6) is -1.57. The molecule has 0 saturated heterocycles. The molecule has 0 spiro atoms. The van der Waals surface area contributed by atoms with Crippen molar-refractivity contribution in [1.82, 2.24) is 0 Å². The minimum atomic E-state index is -0.888. The van der Waals surface area contributed by atoms with Gasteiger partial charge in [0.15, 0.2) is 11.6 Å². The number of nitriles is 2. The van der Waals surface area contributed by atoms with E-state index in [4.69, 9.17) is 15.6 Å². The highest BCUT2D eigenvalue weighted by atomic mass is 19.1. The van der Waals surface area contributed by atoms with Gasteiger partial charge in [-0.15, -0.1) is 0 Å². The van der Waals surface area contributed by atoms with Crippen molar-refractivity contribution in [2.24, 2.45) is 0 Å². The molecule has 0 saturated carbocycles. The number of benzene rings is 1. The zero-order chi connectivity index (χ0) is 9.84. The van der Waals surface area contributed by atoms with Crippen LogP contribution < -0.4 is 0 Å². The SMILES string of the molecule is N#CCc1ccc(C#N)c(O)c1F. The van der Waals surface area contributed by atoms with Crippen LogP contribution in [0, 0.1) is 28.5 Å². The van der Waals surface area contributed by atoms with Gasteiger partial charge in [-0.05, 0) is 6.07 Å². The van der Waals surface area contributed by atoms with Crippen molar-refractivity contribution in [3.8, 4) is 17.9 Å². The maximum atomic E-state index is 13.1. The normalized spacial score (nSPS) is 8.85. The molecule has 0 radical (unpaired) electrons. The molecule has 0 bridgehead atoms. The summed E-state index contributed by atoms with van der Waals surface area (Å²) in [6.45, 7) is 0. The number of rotatable bonds is 1. The third kappa shape index (κ3) is 1.57. The molecule has 0 aliphatic heterocycles. The van der Waals surface area contributed by atoms with Gasteiger partial charge in [-0.3, -0.25) is 0 Å². The summed E-state index contributed by atoms with van der Waals surface area (Å²) < 4.78 is 13.1. The van der Waals surface area contributed by atoms with E-state index < -0.39 is 11.6 Å². The van der Waals surface area contributed by atoms with Crippen LogP contribution in [0.5, 0.6) is 5.75 Å². The van der Waals surface area contributed by atoms with Gasteiger partial charge in [-0.1, -0.05) is 6.07 Å². The molecule has 1 N–H and O–H groups in total. The van der Waals surface area contributed by atoms with Gasteiger partial charge in [0.05, 0.1) is 18.1 Å². The topological polar surface area (TPSA) is 67.8 Å². The molecule has 64 valence electrons. The lowest BCUT2D eigenvalue weighted by Gasteiger charge is -2.01. The van der Waals surface area contributed by atoms with E-state index in [1.54, 1.807) is 12.1 Å². The lowest BCUT2D eigenvalue weighted by Crippen LogP contribution is -1.91. The number of phenolic OH excluding ortho intramolecular Hbond substituents is 1. The first kappa shape index (κ1) is 9.02. The van der Waals surface area contributed by atoms with Gasteiger partial charge in [-0.2, -0.15) is 10.5 Å². The van der Waals surface area contributed by atoms with Crippen molar-refractivity contribution in [2.45, 2.75) is 6.42 Å². The molecule has 0 aliphatic carbocycles. The van der Waals surface area contributed by atoms with Crippen LogP contribution in [0.2, 0.25) is 0 Å². The molecule has 0 fully saturated rings. The Morgan fingerprint density at radius 2 is 2.08 bits per heavy atom. The average molecular weight is 176 g/mol. The van der Waals surface area contributed by atoms with Gasteiger partial charge in [0.25, 0.3) is 0 Å². The second-order valence-corrected chi connectivity index (χ2v) is 2.38. The van der Waals surface area contributed by atoms with Crippen LogP contribution in [0.15, 0.2) is 12.1 Å². The summed E-state index contributed by atoms with van der Waals surface area (Å²) in [5.41, 5.74) is -0.0295. The molecule has 0 unspecified atom stereocenters. The van der Waals surface area contributed by atoms with Crippen molar-refractivity contribution >= 4 is 0 Å². The Morgan fingerprint density at radius 1 is 1.38 bits per heavy atom. The third-order valence-electron chi connectivity index (χ3n) is 1.59. The van der Waals surface area contributed by atoms with E-state index in [1.165, 1.54) is 12.1 Å². The van der Waals surface area contributed by atoms with Gasteiger partial charge in [-0.25, -0.2) is 4.39 Å². The standard InChI is InChI=1S/C9H5FN2O/c10-8-6(3-4-11)1-2-7(5-12)9(8)13/h1-2,13H,3H2. The molecule has 0 atom stereocenters. The van der Waals surface area contributed by atoms with Crippen molar-refractivity contribution in [1.29, 1.82) is 10.5 Å². The largest absolute Gasteiger partial charge is 0.504 e. The first-order valence-corrected chi connectivity index (χ1v) is 3.48. The van der Waals surface area contributed by atoms with Gasteiger partial charge in [0.1, 0.15) is 6.07 Å². The monoisotopic (exact) mass is 176 g/mol. The van der Waals surface area contributed by atoms with Crippen LogP contribution in [0.3, 0.4) is 0 Å². The van der Waals surface area contributed by atoms with E-state index in [0.29, 0.717) is 0 Å². The molecule has 0 amide bonds. The van der Waals surface area contributed by atoms with Crippen molar-refractivity contribution < 1.29 is 9.50 Å². The van der Waals surface area contributed by atoms with Crippen LogP contribution in [0.1, 0.15) is 11.1 Å². The molecule has 4 heteroatoms. The average Bonchev–Trinajstić information content (AvgIpc) is 2.14. The fraction of sp³-hybridized carbons (Fsp3) is 0.111. The maximum Gasteiger partial charge on any atom is 0.170 e. The Hall–Kier alpha value is -2.07. The fourth-order valence-electron chi connectivity index (χ4n) is 0.918. The van der Waals surface area contributed by atoms with Crippen molar-refractivity contribution in [3.05, 3.63) is 29.1 Å². The zero-order valence-electron chi connectivity index (χ0n) is 6.58. The molecule has 0 aliphatic rings. The predicted molar refractivity (Wildman–Crippen MR) is 42.1 cm³/mol. The molecule has 13 heavy (non-hydrogen) atoms. The number of phenols is 1. The second-order valence-electron chi connectivity index (χ2n) is 2.38. The summed E-state index contributed by atoms with van der Waals surface area (Å²) in [6.07, 6.45) is -0.120. The molecule has 0 aromatic heterocycles. The highest BCUT2D eigenvalue weighted by Crippen LogP contribution is 2.23. The van der Waals surface area contributed by atoms with Gasteiger partial charge < -0.3 is 5.11 Å². The Balaban J connectivity index is 3.27. The fourth-order valence-corrected chi connectivity index (χ4v) is 0.918. The Labute approximate surface area is 74.3 Å². The van der Waals surface area contributed by atoms with E-state index in [-0.39, 0.29) is 17.5 Å². The first-order valence-electron chi connectivity index (χ1n) is 3.48. The summed E-state index contributed by atoms with van der Waals surface area (Å²) in [6, 6.07) is 5.99. The predicted octanol–water partition coefficient (Wildman–Crippen LogP) is 1.47.